The maximum absolute atomic E-state index is 12.7. The summed E-state index contributed by atoms with van der Waals surface area (Å²) in [5, 5.41) is 5.26. The van der Waals surface area contributed by atoms with Gasteiger partial charge in [0.2, 0.25) is 10.0 Å². The van der Waals surface area contributed by atoms with E-state index >= 15 is 0 Å². The molecule has 0 radical (unpaired) electrons. The fourth-order valence-corrected chi connectivity index (χ4v) is 3.95. The number of ether oxygens (including phenoxy) is 2. The van der Waals surface area contributed by atoms with Crippen molar-refractivity contribution in [3.05, 3.63) is 53.1 Å². The van der Waals surface area contributed by atoms with E-state index in [0.29, 0.717) is 11.4 Å². The maximum Gasteiger partial charge on any atom is 0.411 e. The average Bonchev–Trinajstić information content (AvgIpc) is 2.67. The Balaban J connectivity index is 2.15. The van der Waals surface area contributed by atoms with Crippen LogP contribution in [0.5, 0.6) is 0 Å². The number of sulfonamides is 1. The van der Waals surface area contributed by atoms with Crippen molar-refractivity contribution in [2.75, 3.05) is 31.0 Å². The molecule has 0 bridgehead atoms. The van der Waals surface area contributed by atoms with Crippen molar-refractivity contribution in [1.29, 1.82) is 0 Å². The highest BCUT2D eigenvalue weighted by Gasteiger charge is 2.20. The minimum absolute atomic E-state index is 0.00867. The number of carbonyl (C=O) groups excluding carboxylic acids is 2. The summed E-state index contributed by atoms with van der Waals surface area (Å²) in [7, 11) is -2.30. The van der Waals surface area contributed by atoms with Crippen molar-refractivity contribution in [3.63, 3.8) is 0 Å². The van der Waals surface area contributed by atoms with Crippen LogP contribution in [0.25, 0.3) is 0 Å². The van der Waals surface area contributed by atoms with Gasteiger partial charge in [-0.15, -0.1) is 0 Å². The van der Waals surface area contributed by atoms with Crippen LogP contribution >= 0.6 is 11.6 Å². The fraction of sp³-hybridized carbons (Fsp3) is 0.300. The Morgan fingerprint density at radius 2 is 1.71 bits per heavy atom. The number of methoxy groups -OCH3 is 1. The lowest BCUT2D eigenvalue weighted by molar-refractivity contribution is 0.102. The molecule has 0 atom stereocenters. The molecule has 31 heavy (non-hydrogen) atoms. The molecule has 2 aromatic carbocycles. The zero-order chi connectivity index (χ0) is 23.0. The smallest absolute Gasteiger partial charge is 0.411 e. The van der Waals surface area contributed by atoms with Crippen molar-refractivity contribution in [2.24, 2.45) is 0 Å². The van der Waals surface area contributed by atoms with Crippen LogP contribution in [0, 0.1) is 0 Å². The standard InChI is InChI=1S/C20H24ClN3O6S/c1-13(2)24-31(27,28)16-7-8-18(21)17(12-16)19(25)22-14-5-4-6-15(11-14)23-20(26)30-10-9-29-3/h4-8,11-13,24H,9-10H2,1-3H3,(H,22,25)(H,23,26). The third-order valence-electron chi connectivity index (χ3n) is 3.77. The van der Waals surface area contributed by atoms with Gasteiger partial charge in [-0.3, -0.25) is 10.1 Å². The van der Waals surface area contributed by atoms with Gasteiger partial charge < -0.3 is 14.8 Å². The van der Waals surface area contributed by atoms with Crippen LogP contribution in [-0.2, 0) is 19.5 Å². The fourth-order valence-electron chi connectivity index (χ4n) is 2.47. The molecule has 0 saturated carbocycles. The van der Waals surface area contributed by atoms with Crippen molar-refractivity contribution < 1.29 is 27.5 Å². The van der Waals surface area contributed by atoms with Crippen LogP contribution < -0.4 is 15.4 Å². The summed E-state index contributed by atoms with van der Waals surface area (Å²) in [4.78, 5) is 24.4. The normalized spacial score (nSPS) is 11.3. The van der Waals surface area contributed by atoms with E-state index < -0.39 is 22.0 Å². The number of carbonyl (C=O) groups is 2. The van der Waals surface area contributed by atoms with Crippen molar-refractivity contribution >= 4 is 45.0 Å². The van der Waals surface area contributed by atoms with Gasteiger partial charge in [0.25, 0.3) is 5.91 Å². The van der Waals surface area contributed by atoms with Crippen molar-refractivity contribution in [1.82, 2.24) is 4.72 Å². The zero-order valence-corrected chi connectivity index (χ0v) is 18.8. The summed E-state index contributed by atoms with van der Waals surface area (Å²) < 4.78 is 36.9. The maximum atomic E-state index is 12.7. The third kappa shape index (κ3) is 7.51. The lowest BCUT2D eigenvalue weighted by atomic mass is 10.2. The minimum atomic E-state index is -3.79. The number of nitrogens with one attached hydrogen (secondary N) is 3. The lowest BCUT2D eigenvalue weighted by Crippen LogP contribution is -2.30. The number of halogens is 1. The van der Waals surface area contributed by atoms with Crippen LogP contribution in [0.2, 0.25) is 5.02 Å². The molecule has 0 spiro atoms. The lowest BCUT2D eigenvalue weighted by Gasteiger charge is -2.12. The van der Waals surface area contributed by atoms with E-state index in [2.05, 4.69) is 15.4 Å². The number of amides is 2. The Kier molecular flexibility index (Phi) is 8.81. The summed E-state index contributed by atoms with van der Waals surface area (Å²) in [5.41, 5.74) is 0.749. The van der Waals surface area contributed by atoms with E-state index in [1.165, 1.54) is 31.4 Å². The number of anilines is 2. The summed E-state index contributed by atoms with van der Waals surface area (Å²) in [6.45, 7) is 3.75. The first kappa shape index (κ1) is 24.6. The van der Waals surface area contributed by atoms with Crippen LogP contribution in [-0.4, -0.2) is 46.8 Å². The second kappa shape index (κ2) is 11.1. The van der Waals surface area contributed by atoms with Crippen LogP contribution in [0.15, 0.2) is 47.4 Å². The highest BCUT2D eigenvalue weighted by molar-refractivity contribution is 7.89. The van der Waals surface area contributed by atoms with E-state index in [9.17, 15) is 18.0 Å². The molecule has 0 fully saturated rings. The van der Waals surface area contributed by atoms with Crippen molar-refractivity contribution in [2.45, 2.75) is 24.8 Å². The molecule has 2 rings (SSSR count). The SMILES string of the molecule is COCCOC(=O)Nc1cccc(NC(=O)c2cc(S(=O)(=O)NC(C)C)ccc2Cl)c1. The van der Waals surface area contributed by atoms with Gasteiger partial charge in [0.05, 0.1) is 22.1 Å². The molecule has 3 N–H and O–H groups in total. The van der Waals surface area contributed by atoms with Crippen molar-refractivity contribution in [3.8, 4) is 0 Å². The molecule has 0 aliphatic heterocycles. The topological polar surface area (TPSA) is 123 Å². The van der Waals surface area contributed by atoms with Gasteiger partial charge >= 0.3 is 6.09 Å². The first-order valence-corrected chi connectivity index (χ1v) is 11.1. The van der Waals surface area contributed by atoms with Crippen LogP contribution in [0.3, 0.4) is 0 Å². The predicted octanol–water partition coefficient (Wildman–Crippen LogP) is 3.47. The number of hydrogen-bond donors (Lipinski definition) is 3. The third-order valence-corrected chi connectivity index (χ3v) is 5.76. The quantitative estimate of drug-likeness (QED) is 0.483. The minimum Gasteiger partial charge on any atom is -0.447 e. The largest absolute Gasteiger partial charge is 0.447 e. The molecule has 0 aliphatic carbocycles. The highest BCUT2D eigenvalue weighted by Crippen LogP contribution is 2.23. The molecule has 2 amide bonds. The zero-order valence-electron chi connectivity index (χ0n) is 17.3. The Morgan fingerprint density at radius 1 is 1.03 bits per heavy atom. The molecule has 168 valence electrons. The molecule has 11 heteroatoms. The second-order valence-electron chi connectivity index (χ2n) is 6.71. The van der Waals surface area contributed by atoms with Gasteiger partial charge in [-0.25, -0.2) is 17.9 Å². The number of rotatable bonds is 9. The van der Waals surface area contributed by atoms with Gasteiger partial charge in [-0.05, 0) is 50.2 Å². The first-order valence-electron chi connectivity index (χ1n) is 9.28. The second-order valence-corrected chi connectivity index (χ2v) is 8.83. The molecule has 0 saturated heterocycles. The molecule has 9 nitrogen and oxygen atoms in total. The summed E-state index contributed by atoms with van der Waals surface area (Å²) in [6.07, 6.45) is -0.667. The molecule has 2 aromatic rings. The summed E-state index contributed by atoms with van der Waals surface area (Å²) in [6, 6.07) is 9.92. The van der Waals surface area contributed by atoms with E-state index in [1.807, 2.05) is 0 Å². The Hall–Kier alpha value is -2.66. The molecule has 0 heterocycles. The van der Waals surface area contributed by atoms with Gasteiger partial charge in [-0.2, -0.15) is 0 Å². The van der Waals surface area contributed by atoms with E-state index in [0.717, 1.165) is 0 Å². The van der Waals surface area contributed by atoms with Gasteiger partial charge in [0.1, 0.15) is 6.61 Å². The molecule has 0 aromatic heterocycles. The van der Waals surface area contributed by atoms with Crippen LogP contribution in [0.4, 0.5) is 16.2 Å². The Morgan fingerprint density at radius 3 is 2.35 bits per heavy atom. The summed E-state index contributed by atoms with van der Waals surface area (Å²) >= 11 is 6.11. The molecular formula is C20H24ClN3O6S. The number of hydrogen-bond acceptors (Lipinski definition) is 6. The van der Waals surface area contributed by atoms with E-state index in [-0.39, 0.29) is 34.7 Å². The van der Waals surface area contributed by atoms with E-state index in [1.54, 1.807) is 32.0 Å². The molecule has 0 aliphatic rings. The Bertz CT molecular complexity index is 1040. The highest BCUT2D eigenvalue weighted by atomic mass is 35.5. The first-order chi connectivity index (χ1) is 14.6. The van der Waals surface area contributed by atoms with E-state index in [4.69, 9.17) is 21.1 Å². The van der Waals surface area contributed by atoms with Gasteiger partial charge in [0, 0.05) is 24.5 Å². The molecular weight excluding hydrogens is 446 g/mol. The van der Waals surface area contributed by atoms with Crippen LogP contribution in [0.1, 0.15) is 24.2 Å². The summed E-state index contributed by atoms with van der Waals surface area (Å²) in [5.74, 6) is -0.605. The average molecular weight is 470 g/mol. The number of benzene rings is 2. The predicted molar refractivity (Wildman–Crippen MR) is 118 cm³/mol. The monoisotopic (exact) mass is 469 g/mol. The Labute approximate surface area is 186 Å². The van der Waals surface area contributed by atoms with Gasteiger partial charge in [-0.1, -0.05) is 17.7 Å². The molecule has 0 unspecified atom stereocenters. The van der Waals surface area contributed by atoms with Gasteiger partial charge in [0.15, 0.2) is 0 Å².